The van der Waals surface area contributed by atoms with Crippen molar-refractivity contribution >= 4 is 29.7 Å². The second-order valence-corrected chi connectivity index (χ2v) is 3.82. The van der Waals surface area contributed by atoms with E-state index in [1.807, 2.05) is 0 Å². The Labute approximate surface area is 98.5 Å². The molecule has 1 amide bonds. The minimum Gasteiger partial charge on any atom is -0.459 e. The molecule has 0 aliphatic carbocycles. The van der Waals surface area contributed by atoms with Crippen LogP contribution >= 0.6 is 11.6 Å². The Bertz CT molecular complexity index is 404. The SMILES string of the molecule is CC(C)OC(=O)c1cc(NC=O)ccc1Cl. The molecule has 86 valence electrons. The van der Waals surface area contributed by atoms with Gasteiger partial charge in [0.15, 0.2) is 0 Å². The van der Waals surface area contributed by atoms with E-state index in [-0.39, 0.29) is 11.7 Å². The Morgan fingerprint density at radius 2 is 2.19 bits per heavy atom. The van der Waals surface area contributed by atoms with E-state index in [4.69, 9.17) is 16.3 Å². The molecule has 0 aromatic heterocycles. The minimum atomic E-state index is -0.505. The van der Waals surface area contributed by atoms with Crippen LogP contribution in [0.4, 0.5) is 5.69 Å². The van der Waals surface area contributed by atoms with Crippen LogP contribution in [0.5, 0.6) is 0 Å². The smallest absolute Gasteiger partial charge is 0.339 e. The Morgan fingerprint density at radius 3 is 2.75 bits per heavy atom. The van der Waals surface area contributed by atoms with Crippen molar-refractivity contribution in [2.45, 2.75) is 20.0 Å². The molecule has 0 aliphatic heterocycles. The molecule has 0 bridgehead atoms. The highest BCUT2D eigenvalue weighted by atomic mass is 35.5. The molecule has 16 heavy (non-hydrogen) atoms. The summed E-state index contributed by atoms with van der Waals surface area (Å²) in [6, 6.07) is 4.61. The predicted octanol–water partition coefficient (Wildman–Crippen LogP) is 2.47. The van der Waals surface area contributed by atoms with Crippen molar-refractivity contribution in [2.24, 2.45) is 0 Å². The standard InChI is InChI=1S/C11H12ClNO3/c1-7(2)16-11(15)9-5-8(13-6-14)3-4-10(9)12/h3-7H,1-2H3,(H,13,14). The molecule has 0 unspecified atom stereocenters. The van der Waals surface area contributed by atoms with E-state index in [9.17, 15) is 9.59 Å². The van der Waals surface area contributed by atoms with Crippen LogP contribution in [0.1, 0.15) is 24.2 Å². The molecule has 0 heterocycles. The Morgan fingerprint density at radius 1 is 1.50 bits per heavy atom. The number of hydrogen-bond acceptors (Lipinski definition) is 3. The van der Waals surface area contributed by atoms with Gasteiger partial charge < -0.3 is 10.1 Å². The number of carbonyl (C=O) groups excluding carboxylic acids is 2. The van der Waals surface area contributed by atoms with Crippen LogP contribution in [0.15, 0.2) is 18.2 Å². The van der Waals surface area contributed by atoms with Crippen molar-refractivity contribution in [3.63, 3.8) is 0 Å². The van der Waals surface area contributed by atoms with Gasteiger partial charge in [-0.3, -0.25) is 4.79 Å². The lowest BCUT2D eigenvalue weighted by atomic mass is 10.2. The van der Waals surface area contributed by atoms with Crippen LogP contribution in [0, 0.1) is 0 Å². The van der Waals surface area contributed by atoms with E-state index in [0.29, 0.717) is 17.1 Å². The van der Waals surface area contributed by atoms with Crippen LogP contribution in [0.25, 0.3) is 0 Å². The van der Waals surface area contributed by atoms with Gasteiger partial charge in [0.1, 0.15) is 0 Å². The molecule has 4 nitrogen and oxygen atoms in total. The van der Waals surface area contributed by atoms with Gasteiger partial charge in [0, 0.05) is 5.69 Å². The van der Waals surface area contributed by atoms with Gasteiger partial charge in [0.05, 0.1) is 16.7 Å². The molecule has 5 heteroatoms. The number of ether oxygens (including phenoxy) is 1. The highest BCUT2D eigenvalue weighted by molar-refractivity contribution is 6.33. The molecule has 0 aliphatic rings. The molecule has 0 fully saturated rings. The number of nitrogens with one attached hydrogen (secondary N) is 1. The first-order valence-electron chi connectivity index (χ1n) is 4.75. The van der Waals surface area contributed by atoms with Gasteiger partial charge in [-0.25, -0.2) is 4.79 Å². The number of esters is 1. The summed E-state index contributed by atoms with van der Waals surface area (Å²) >= 11 is 5.86. The summed E-state index contributed by atoms with van der Waals surface area (Å²) in [5.41, 5.74) is 0.734. The molecule has 0 radical (unpaired) electrons. The summed E-state index contributed by atoms with van der Waals surface area (Å²) in [6.07, 6.45) is 0.312. The average molecular weight is 242 g/mol. The highest BCUT2D eigenvalue weighted by Gasteiger charge is 2.13. The van der Waals surface area contributed by atoms with E-state index < -0.39 is 5.97 Å². The van der Waals surface area contributed by atoms with Crippen molar-refractivity contribution in [2.75, 3.05) is 5.32 Å². The zero-order valence-electron chi connectivity index (χ0n) is 8.99. The van der Waals surface area contributed by atoms with Gasteiger partial charge in [-0.15, -0.1) is 0 Å². The van der Waals surface area contributed by atoms with E-state index in [0.717, 1.165) is 0 Å². The number of halogens is 1. The molecule has 1 aromatic rings. The summed E-state index contributed by atoms with van der Waals surface area (Å²) in [5, 5.41) is 2.73. The van der Waals surface area contributed by atoms with Gasteiger partial charge in [0.25, 0.3) is 0 Å². The van der Waals surface area contributed by atoms with E-state index in [1.54, 1.807) is 19.9 Å². The molecule has 0 atom stereocenters. The Kier molecular flexibility index (Phi) is 4.31. The van der Waals surface area contributed by atoms with Crippen molar-refractivity contribution in [3.8, 4) is 0 Å². The quantitative estimate of drug-likeness (QED) is 0.651. The van der Waals surface area contributed by atoms with E-state index in [2.05, 4.69) is 5.32 Å². The third kappa shape index (κ3) is 3.24. The maximum atomic E-state index is 11.6. The third-order valence-corrected chi connectivity index (χ3v) is 2.08. The zero-order chi connectivity index (χ0) is 12.1. The van der Waals surface area contributed by atoms with Crippen molar-refractivity contribution in [3.05, 3.63) is 28.8 Å². The van der Waals surface area contributed by atoms with Crippen LogP contribution in [0.3, 0.4) is 0 Å². The molecule has 0 saturated carbocycles. The minimum absolute atomic E-state index is 0.216. The Balaban J connectivity index is 2.97. The fourth-order valence-electron chi connectivity index (χ4n) is 1.12. The lowest BCUT2D eigenvalue weighted by Gasteiger charge is -2.10. The third-order valence-electron chi connectivity index (χ3n) is 1.75. The van der Waals surface area contributed by atoms with E-state index in [1.165, 1.54) is 12.1 Å². The fourth-order valence-corrected chi connectivity index (χ4v) is 1.31. The van der Waals surface area contributed by atoms with Crippen LogP contribution in [-0.2, 0) is 9.53 Å². The van der Waals surface area contributed by atoms with E-state index >= 15 is 0 Å². The summed E-state index contributed by atoms with van der Waals surface area (Å²) in [7, 11) is 0. The van der Waals surface area contributed by atoms with Gasteiger partial charge in [0.2, 0.25) is 6.41 Å². The normalized spacial score (nSPS) is 10.0. The van der Waals surface area contributed by atoms with Crippen LogP contribution in [-0.4, -0.2) is 18.5 Å². The summed E-state index contributed by atoms with van der Waals surface area (Å²) in [4.78, 5) is 21.9. The summed E-state index contributed by atoms with van der Waals surface area (Å²) < 4.78 is 5.01. The number of rotatable bonds is 4. The number of benzene rings is 1. The molecular formula is C11H12ClNO3. The molecule has 1 aromatic carbocycles. The first-order chi connectivity index (χ1) is 7.54. The monoisotopic (exact) mass is 241 g/mol. The highest BCUT2D eigenvalue weighted by Crippen LogP contribution is 2.21. The van der Waals surface area contributed by atoms with Gasteiger partial charge in [-0.05, 0) is 32.0 Å². The molecule has 1 N–H and O–H groups in total. The average Bonchev–Trinajstić information content (AvgIpc) is 2.20. The van der Waals surface area contributed by atoms with Gasteiger partial charge in [-0.2, -0.15) is 0 Å². The number of anilines is 1. The van der Waals surface area contributed by atoms with Crippen molar-refractivity contribution in [1.29, 1.82) is 0 Å². The second-order valence-electron chi connectivity index (χ2n) is 3.41. The van der Waals surface area contributed by atoms with Gasteiger partial charge in [-0.1, -0.05) is 11.6 Å². The van der Waals surface area contributed by atoms with Gasteiger partial charge >= 0.3 is 5.97 Å². The number of hydrogen-bond donors (Lipinski definition) is 1. The molecule has 1 rings (SSSR count). The lowest BCUT2D eigenvalue weighted by molar-refractivity contribution is -0.105. The Hall–Kier alpha value is -1.55. The predicted molar refractivity (Wildman–Crippen MR) is 61.7 cm³/mol. The van der Waals surface area contributed by atoms with Crippen molar-refractivity contribution in [1.82, 2.24) is 0 Å². The largest absolute Gasteiger partial charge is 0.459 e. The van der Waals surface area contributed by atoms with Crippen LogP contribution in [0.2, 0.25) is 5.02 Å². The van der Waals surface area contributed by atoms with Crippen molar-refractivity contribution < 1.29 is 14.3 Å². The molecular weight excluding hydrogens is 230 g/mol. The number of amides is 1. The zero-order valence-corrected chi connectivity index (χ0v) is 9.75. The molecule has 0 spiro atoms. The topological polar surface area (TPSA) is 55.4 Å². The number of carbonyl (C=O) groups is 2. The summed E-state index contributed by atoms with van der Waals surface area (Å²) in [6.45, 7) is 3.50. The maximum Gasteiger partial charge on any atom is 0.339 e. The lowest BCUT2D eigenvalue weighted by Crippen LogP contribution is -2.12. The summed E-state index contributed by atoms with van der Waals surface area (Å²) in [5.74, 6) is -0.505. The molecule has 0 saturated heterocycles. The first kappa shape index (κ1) is 12.5. The fraction of sp³-hybridized carbons (Fsp3) is 0.273. The first-order valence-corrected chi connectivity index (χ1v) is 5.13. The maximum absolute atomic E-state index is 11.6. The van der Waals surface area contributed by atoms with Crippen LogP contribution < -0.4 is 5.32 Å². The second kappa shape index (κ2) is 5.51.